The van der Waals surface area contributed by atoms with Gasteiger partial charge in [0.2, 0.25) is 0 Å². The van der Waals surface area contributed by atoms with Crippen molar-refractivity contribution in [3.8, 4) is 0 Å². The molecule has 0 saturated heterocycles. The summed E-state index contributed by atoms with van der Waals surface area (Å²) < 4.78 is 5.33. The van der Waals surface area contributed by atoms with Crippen molar-refractivity contribution in [2.75, 3.05) is 0 Å². The van der Waals surface area contributed by atoms with Gasteiger partial charge in [-0.15, -0.1) is 5.73 Å². The van der Waals surface area contributed by atoms with Crippen molar-refractivity contribution in [3.63, 3.8) is 0 Å². The zero-order chi connectivity index (χ0) is 18.1. The maximum Gasteiger partial charge on any atom is 0.133 e. The first-order valence-corrected chi connectivity index (χ1v) is 8.67. The Balaban J connectivity index is 2.01. The van der Waals surface area contributed by atoms with Gasteiger partial charge in [0.1, 0.15) is 24.2 Å². The van der Waals surface area contributed by atoms with Gasteiger partial charge in [0.05, 0.1) is 6.10 Å². The number of aliphatic hydroxyl groups is 3. The standard InChI is InChI=1S/C21H26O4/c1-2-7-16(14-20(24)17-9-4-3-5-10-17)8-6-11-19(23)21-13-12-18(15-22)25-21/h3-6,9-10,12-13,19-20,22-24H,2,7,11,14-15H2,1H3/t8?,19-,20-/m1/s1. The summed E-state index contributed by atoms with van der Waals surface area (Å²) in [6, 6.07) is 12.9. The Morgan fingerprint density at radius 3 is 2.52 bits per heavy atom. The molecule has 0 aliphatic heterocycles. The lowest BCUT2D eigenvalue weighted by Crippen LogP contribution is -1.99. The number of rotatable bonds is 9. The topological polar surface area (TPSA) is 73.8 Å². The molecule has 3 N–H and O–H groups in total. The molecule has 0 aliphatic rings. The van der Waals surface area contributed by atoms with Gasteiger partial charge in [-0.3, -0.25) is 0 Å². The summed E-state index contributed by atoms with van der Waals surface area (Å²) in [7, 11) is 0. The van der Waals surface area contributed by atoms with Crippen molar-refractivity contribution in [2.45, 2.75) is 51.4 Å². The third kappa shape index (κ3) is 6.04. The SMILES string of the molecule is CCCC(=C=CC[C@@H](O)c1ccc(CO)o1)C[C@@H](O)c1ccccc1. The maximum atomic E-state index is 10.4. The van der Waals surface area contributed by atoms with Crippen LogP contribution >= 0.6 is 0 Å². The fourth-order valence-electron chi connectivity index (χ4n) is 2.65. The first kappa shape index (κ1) is 19.2. The highest BCUT2D eigenvalue weighted by molar-refractivity contribution is 5.19. The molecule has 0 bridgehead atoms. The summed E-state index contributed by atoms with van der Waals surface area (Å²) >= 11 is 0. The van der Waals surface area contributed by atoms with Crippen LogP contribution in [0.2, 0.25) is 0 Å². The molecule has 0 radical (unpaired) electrons. The molecule has 4 heteroatoms. The summed E-state index contributed by atoms with van der Waals surface area (Å²) in [6.45, 7) is 1.91. The predicted octanol–water partition coefficient (Wildman–Crippen LogP) is 4.20. The van der Waals surface area contributed by atoms with E-state index in [0.29, 0.717) is 24.4 Å². The van der Waals surface area contributed by atoms with Gasteiger partial charge >= 0.3 is 0 Å². The summed E-state index contributed by atoms with van der Waals surface area (Å²) in [4.78, 5) is 0. The second kappa shape index (κ2) is 10.0. The molecule has 1 heterocycles. The second-order valence-electron chi connectivity index (χ2n) is 6.05. The van der Waals surface area contributed by atoms with Crippen molar-refractivity contribution < 1.29 is 19.7 Å². The largest absolute Gasteiger partial charge is 0.461 e. The highest BCUT2D eigenvalue weighted by Gasteiger charge is 2.11. The molecule has 2 rings (SSSR count). The monoisotopic (exact) mass is 342 g/mol. The van der Waals surface area contributed by atoms with Gasteiger partial charge < -0.3 is 19.7 Å². The molecule has 0 aliphatic carbocycles. The maximum absolute atomic E-state index is 10.4. The van der Waals surface area contributed by atoms with Gasteiger partial charge in [0.15, 0.2) is 0 Å². The number of hydrogen-bond acceptors (Lipinski definition) is 4. The average molecular weight is 342 g/mol. The molecular weight excluding hydrogens is 316 g/mol. The summed E-state index contributed by atoms with van der Waals surface area (Å²) in [6.07, 6.45) is 3.19. The molecule has 1 aromatic heterocycles. The van der Waals surface area contributed by atoms with Gasteiger partial charge in [0.25, 0.3) is 0 Å². The lowest BCUT2D eigenvalue weighted by Gasteiger charge is -2.12. The molecule has 2 atom stereocenters. The highest BCUT2D eigenvalue weighted by Crippen LogP contribution is 2.24. The molecule has 2 aromatic rings. The third-order valence-electron chi connectivity index (χ3n) is 3.99. The molecule has 0 unspecified atom stereocenters. The van der Waals surface area contributed by atoms with E-state index in [1.165, 1.54) is 0 Å². The van der Waals surface area contributed by atoms with Crippen LogP contribution in [0, 0.1) is 0 Å². The van der Waals surface area contributed by atoms with E-state index in [9.17, 15) is 10.2 Å². The third-order valence-corrected chi connectivity index (χ3v) is 3.99. The Hall–Kier alpha value is -2.10. The Bertz CT molecular complexity index is 696. The number of hydrogen-bond donors (Lipinski definition) is 3. The van der Waals surface area contributed by atoms with E-state index in [-0.39, 0.29) is 6.61 Å². The quantitative estimate of drug-likeness (QED) is 0.597. The zero-order valence-electron chi connectivity index (χ0n) is 14.6. The Kier molecular flexibility index (Phi) is 7.71. The van der Waals surface area contributed by atoms with Crippen LogP contribution in [0.5, 0.6) is 0 Å². The van der Waals surface area contributed by atoms with Gasteiger partial charge in [0, 0.05) is 12.8 Å². The van der Waals surface area contributed by atoms with Crippen LogP contribution in [0.4, 0.5) is 0 Å². The van der Waals surface area contributed by atoms with Gasteiger partial charge in [-0.1, -0.05) is 43.7 Å². The first-order valence-electron chi connectivity index (χ1n) is 8.67. The minimum Gasteiger partial charge on any atom is -0.461 e. The average Bonchev–Trinajstić information content (AvgIpc) is 3.12. The second-order valence-corrected chi connectivity index (χ2v) is 6.05. The van der Waals surface area contributed by atoms with Crippen molar-refractivity contribution in [1.29, 1.82) is 0 Å². The van der Waals surface area contributed by atoms with E-state index in [4.69, 9.17) is 9.52 Å². The van der Waals surface area contributed by atoms with E-state index in [2.05, 4.69) is 12.7 Å². The lowest BCUT2D eigenvalue weighted by molar-refractivity contribution is 0.145. The normalized spacial score (nSPS) is 13.1. The number of furan rings is 1. The summed E-state index contributed by atoms with van der Waals surface area (Å²) in [5, 5.41) is 29.5. The number of benzene rings is 1. The van der Waals surface area contributed by atoms with E-state index in [1.54, 1.807) is 18.2 Å². The van der Waals surface area contributed by atoms with Gasteiger partial charge in [-0.2, -0.15) is 0 Å². The molecule has 0 saturated carbocycles. The van der Waals surface area contributed by atoms with Crippen LogP contribution in [0.15, 0.2) is 64.3 Å². The molecule has 134 valence electrons. The predicted molar refractivity (Wildman–Crippen MR) is 96.7 cm³/mol. The fourth-order valence-corrected chi connectivity index (χ4v) is 2.65. The molecule has 25 heavy (non-hydrogen) atoms. The molecule has 0 fully saturated rings. The molecular formula is C21H26O4. The molecule has 0 spiro atoms. The Morgan fingerprint density at radius 1 is 1.12 bits per heavy atom. The minimum atomic E-state index is -0.769. The van der Waals surface area contributed by atoms with Crippen molar-refractivity contribution >= 4 is 0 Å². The Labute approximate surface area is 148 Å². The van der Waals surface area contributed by atoms with Crippen LogP contribution in [0.1, 0.15) is 61.9 Å². The van der Waals surface area contributed by atoms with Crippen LogP contribution in [-0.4, -0.2) is 15.3 Å². The van der Waals surface area contributed by atoms with Crippen LogP contribution in [0.3, 0.4) is 0 Å². The summed E-state index contributed by atoms with van der Waals surface area (Å²) in [5.41, 5.74) is 5.15. The zero-order valence-corrected chi connectivity index (χ0v) is 14.6. The fraction of sp³-hybridized carbons (Fsp3) is 0.381. The summed E-state index contributed by atoms with van der Waals surface area (Å²) in [5.74, 6) is 0.870. The van der Waals surface area contributed by atoms with Crippen LogP contribution < -0.4 is 0 Å². The first-order chi connectivity index (χ1) is 12.1. The van der Waals surface area contributed by atoms with E-state index < -0.39 is 12.2 Å². The van der Waals surface area contributed by atoms with E-state index in [0.717, 1.165) is 24.0 Å². The lowest BCUT2D eigenvalue weighted by atomic mass is 9.99. The van der Waals surface area contributed by atoms with E-state index >= 15 is 0 Å². The molecule has 0 amide bonds. The van der Waals surface area contributed by atoms with Crippen molar-refractivity contribution in [3.05, 3.63) is 76.9 Å². The Morgan fingerprint density at radius 2 is 1.88 bits per heavy atom. The van der Waals surface area contributed by atoms with Crippen molar-refractivity contribution in [2.24, 2.45) is 0 Å². The smallest absolute Gasteiger partial charge is 0.133 e. The minimum absolute atomic E-state index is 0.180. The van der Waals surface area contributed by atoms with Gasteiger partial charge in [-0.05, 0) is 35.8 Å². The van der Waals surface area contributed by atoms with Crippen LogP contribution in [-0.2, 0) is 6.61 Å². The highest BCUT2D eigenvalue weighted by atomic mass is 16.4. The molecule has 1 aromatic carbocycles. The van der Waals surface area contributed by atoms with E-state index in [1.807, 2.05) is 30.3 Å². The van der Waals surface area contributed by atoms with Gasteiger partial charge in [-0.25, -0.2) is 0 Å². The number of aliphatic hydroxyl groups excluding tert-OH is 3. The van der Waals surface area contributed by atoms with Crippen LogP contribution in [0.25, 0.3) is 0 Å². The molecule has 4 nitrogen and oxygen atoms in total. The van der Waals surface area contributed by atoms with Crippen molar-refractivity contribution in [1.82, 2.24) is 0 Å².